The third-order valence-electron chi connectivity index (χ3n) is 4.81. The highest BCUT2D eigenvalue weighted by Gasteiger charge is 2.26. The van der Waals surface area contributed by atoms with Crippen molar-refractivity contribution in [3.63, 3.8) is 0 Å². The molecule has 0 heterocycles. The highest BCUT2D eigenvalue weighted by Crippen LogP contribution is 2.27. The van der Waals surface area contributed by atoms with Crippen LogP contribution in [0.2, 0.25) is 0 Å². The Morgan fingerprint density at radius 3 is 2.06 bits per heavy atom. The van der Waals surface area contributed by atoms with Crippen molar-refractivity contribution in [2.75, 3.05) is 27.4 Å². The quantitative estimate of drug-likeness (QED) is 0.497. The molecule has 0 bridgehead atoms. The minimum absolute atomic E-state index is 0.202. The van der Waals surface area contributed by atoms with E-state index in [0.717, 1.165) is 10.0 Å². The monoisotopic (exact) mass is 506 g/mol. The third kappa shape index (κ3) is 7.75. The second-order valence-corrected chi connectivity index (χ2v) is 8.72. The molecule has 2 aromatic rings. The summed E-state index contributed by atoms with van der Waals surface area (Å²) in [7, 11) is 3.09. The zero-order valence-electron chi connectivity index (χ0n) is 19.2. The van der Waals surface area contributed by atoms with Gasteiger partial charge in [-0.05, 0) is 30.5 Å². The normalized spacial score (nSPS) is 11.6. The molecule has 0 aromatic heterocycles. The van der Waals surface area contributed by atoms with Crippen molar-refractivity contribution in [3.05, 3.63) is 52.5 Å². The van der Waals surface area contributed by atoms with Gasteiger partial charge < -0.3 is 24.4 Å². The number of halogens is 1. The van der Waals surface area contributed by atoms with E-state index < -0.39 is 6.04 Å². The van der Waals surface area contributed by atoms with Crippen molar-refractivity contribution in [2.24, 2.45) is 5.92 Å². The zero-order valence-corrected chi connectivity index (χ0v) is 20.8. The maximum Gasteiger partial charge on any atom is 0.261 e. The van der Waals surface area contributed by atoms with Crippen LogP contribution in [0, 0.1) is 5.92 Å². The van der Waals surface area contributed by atoms with Crippen LogP contribution in [0.4, 0.5) is 0 Å². The van der Waals surface area contributed by atoms with Crippen LogP contribution in [0.3, 0.4) is 0 Å². The van der Waals surface area contributed by atoms with Gasteiger partial charge in [0.1, 0.15) is 23.3 Å². The van der Waals surface area contributed by atoms with E-state index in [1.165, 1.54) is 4.90 Å². The molecule has 2 amide bonds. The van der Waals surface area contributed by atoms with E-state index in [1.54, 1.807) is 39.3 Å². The van der Waals surface area contributed by atoms with Gasteiger partial charge in [-0.3, -0.25) is 9.59 Å². The molecule has 0 fully saturated rings. The number of methoxy groups -OCH3 is 2. The van der Waals surface area contributed by atoms with Gasteiger partial charge in [-0.25, -0.2) is 0 Å². The highest BCUT2D eigenvalue weighted by molar-refractivity contribution is 9.10. The molecule has 0 saturated heterocycles. The lowest BCUT2D eigenvalue weighted by molar-refractivity contribution is -0.142. The molecule has 0 saturated carbocycles. The third-order valence-corrected chi connectivity index (χ3v) is 5.33. The number of carbonyl (C=O) groups excluding carboxylic acids is 2. The van der Waals surface area contributed by atoms with Gasteiger partial charge in [-0.15, -0.1) is 0 Å². The van der Waals surface area contributed by atoms with E-state index in [-0.39, 0.29) is 25.0 Å². The van der Waals surface area contributed by atoms with Crippen LogP contribution in [-0.4, -0.2) is 50.1 Å². The lowest BCUT2D eigenvalue weighted by Gasteiger charge is -2.29. The summed E-state index contributed by atoms with van der Waals surface area (Å²) in [5.74, 6) is 1.36. The van der Waals surface area contributed by atoms with Gasteiger partial charge in [0.05, 0.1) is 14.2 Å². The molecule has 7 nitrogen and oxygen atoms in total. The standard InChI is InChI=1S/C24H31BrN2O5/c1-16(2)13-26-24(29)17(3)27(14-18-6-8-19(25)9-7-18)23(28)15-32-22-11-20(30-4)10-21(12-22)31-5/h6-12,16-17H,13-15H2,1-5H3,(H,26,29). The Labute approximate surface area is 198 Å². The first kappa shape index (κ1) is 25.5. The van der Waals surface area contributed by atoms with Gasteiger partial charge in [0.15, 0.2) is 6.61 Å². The molecular formula is C24H31BrN2O5. The Kier molecular flexibility index (Phi) is 9.84. The molecule has 1 N–H and O–H groups in total. The largest absolute Gasteiger partial charge is 0.496 e. The van der Waals surface area contributed by atoms with Gasteiger partial charge in [0.25, 0.3) is 5.91 Å². The Hall–Kier alpha value is -2.74. The Bertz CT molecular complexity index is 880. The molecule has 2 aromatic carbocycles. The van der Waals surface area contributed by atoms with Crippen LogP contribution in [0.25, 0.3) is 0 Å². The van der Waals surface area contributed by atoms with Crippen LogP contribution in [0.5, 0.6) is 17.2 Å². The zero-order chi connectivity index (χ0) is 23.7. The van der Waals surface area contributed by atoms with Crippen LogP contribution < -0.4 is 19.5 Å². The van der Waals surface area contributed by atoms with E-state index in [4.69, 9.17) is 14.2 Å². The van der Waals surface area contributed by atoms with Crippen LogP contribution in [-0.2, 0) is 16.1 Å². The average Bonchev–Trinajstić information content (AvgIpc) is 2.79. The SMILES string of the molecule is COc1cc(OC)cc(OCC(=O)N(Cc2ccc(Br)cc2)C(C)C(=O)NCC(C)C)c1. The lowest BCUT2D eigenvalue weighted by Crippen LogP contribution is -2.49. The van der Waals surface area contributed by atoms with Gasteiger partial charge >= 0.3 is 0 Å². The molecule has 32 heavy (non-hydrogen) atoms. The molecule has 1 atom stereocenters. The van der Waals surface area contributed by atoms with E-state index in [2.05, 4.69) is 21.2 Å². The number of ether oxygens (including phenoxy) is 3. The number of hydrogen-bond donors (Lipinski definition) is 1. The molecular weight excluding hydrogens is 476 g/mol. The highest BCUT2D eigenvalue weighted by atomic mass is 79.9. The molecule has 0 aliphatic carbocycles. The number of nitrogens with zero attached hydrogens (tertiary/aromatic N) is 1. The van der Waals surface area contributed by atoms with Crippen molar-refractivity contribution in [1.29, 1.82) is 0 Å². The smallest absolute Gasteiger partial charge is 0.261 e. The fraction of sp³-hybridized carbons (Fsp3) is 0.417. The number of nitrogens with one attached hydrogen (secondary N) is 1. The van der Waals surface area contributed by atoms with Gasteiger partial charge in [-0.2, -0.15) is 0 Å². The Morgan fingerprint density at radius 1 is 0.969 bits per heavy atom. The van der Waals surface area contributed by atoms with Crippen molar-refractivity contribution >= 4 is 27.7 Å². The first-order chi connectivity index (χ1) is 15.2. The molecule has 1 unspecified atom stereocenters. The summed E-state index contributed by atoms with van der Waals surface area (Å²) in [6.07, 6.45) is 0. The molecule has 2 rings (SSSR count). The predicted octanol–water partition coefficient (Wildman–Crippen LogP) is 4.03. The number of amides is 2. The molecule has 0 aliphatic rings. The van der Waals surface area contributed by atoms with Crippen molar-refractivity contribution in [3.8, 4) is 17.2 Å². The summed E-state index contributed by atoms with van der Waals surface area (Å²) >= 11 is 3.42. The predicted molar refractivity (Wildman–Crippen MR) is 127 cm³/mol. The van der Waals surface area contributed by atoms with Gasteiger partial charge in [0, 0.05) is 35.8 Å². The summed E-state index contributed by atoms with van der Waals surface area (Å²) in [5.41, 5.74) is 0.910. The summed E-state index contributed by atoms with van der Waals surface area (Å²) in [4.78, 5) is 27.3. The van der Waals surface area contributed by atoms with Crippen molar-refractivity contribution in [1.82, 2.24) is 10.2 Å². The summed E-state index contributed by atoms with van der Waals surface area (Å²) in [6.45, 7) is 6.37. The van der Waals surface area contributed by atoms with Crippen LogP contribution in [0.15, 0.2) is 46.9 Å². The second-order valence-electron chi connectivity index (χ2n) is 7.80. The fourth-order valence-corrected chi connectivity index (χ4v) is 3.18. The topological polar surface area (TPSA) is 77.1 Å². The van der Waals surface area contributed by atoms with Crippen molar-refractivity contribution in [2.45, 2.75) is 33.4 Å². The maximum absolute atomic E-state index is 13.1. The summed E-state index contributed by atoms with van der Waals surface area (Å²) in [6, 6.07) is 12.0. The molecule has 0 aliphatic heterocycles. The fourth-order valence-electron chi connectivity index (χ4n) is 2.91. The van der Waals surface area contributed by atoms with E-state index in [0.29, 0.717) is 29.7 Å². The molecule has 0 spiro atoms. The van der Waals surface area contributed by atoms with Crippen LogP contribution >= 0.6 is 15.9 Å². The van der Waals surface area contributed by atoms with Gasteiger partial charge in [0.2, 0.25) is 5.91 Å². The average molecular weight is 507 g/mol. The summed E-state index contributed by atoms with van der Waals surface area (Å²) < 4.78 is 17.2. The van der Waals surface area contributed by atoms with E-state index >= 15 is 0 Å². The Morgan fingerprint density at radius 2 is 1.53 bits per heavy atom. The minimum atomic E-state index is -0.659. The molecule has 174 valence electrons. The van der Waals surface area contributed by atoms with E-state index in [9.17, 15) is 9.59 Å². The van der Waals surface area contributed by atoms with Crippen LogP contribution in [0.1, 0.15) is 26.3 Å². The number of hydrogen-bond acceptors (Lipinski definition) is 5. The summed E-state index contributed by atoms with van der Waals surface area (Å²) in [5, 5.41) is 2.90. The first-order valence-electron chi connectivity index (χ1n) is 10.4. The van der Waals surface area contributed by atoms with E-state index in [1.807, 2.05) is 38.1 Å². The lowest BCUT2D eigenvalue weighted by atomic mass is 10.1. The number of carbonyl (C=O) groups is 2. The van der Waals surface area contributed by atoms with Gasteiger partial charge in [-0.1, -0.05) is 41.9 Å². The Balaban J connectivity index is 2.17. The first-order valence-corrected chi connectivity index (χ1v) is 11.2. The molecule has 0 radical (unpaired) electrons. The second kappa shape index (κ2) is 12.3. The molecule has 8 heteroatoms. The van der Waals surface area contributed by atoms with Crippen molar-refractivity contribution < 1.29 is 23.8 Å². The number of rotatable bonds is 11. The number of benzene rings is 2. The maximum atomic E-state index is 13.1. The minimum Gasteiger partial charge on any atom is -0.496 e.